The molecule has 0 heterocycles. The summed E-state index contributed by atoms with van der Waals surface area (Å²) < 4.78 is 27.6. The van der Waals surface area contributed by atoms with E-state index in [9.17, 15) is 8.78 Å². The maximum Gasteiger partial charge on any atom is 0.166 e. The molecule has 0 N–H and O–H groups in total. The molecule has 0 fully saturated rings. The molecule has 0 bridgehead atoms. The van der Waals surface area contributed by atoms with E-state index < -0.39 is 11.6 Å². The van der Waals surface area contributed by atoms with Crippen LogP contribution < -0.4 is 0 Å². The van der Waals surface area contributed by atoms with Gasteiger partial charge in [0.2, 0.25) is 0 Å². The molecule has 108 valence electrons. The number of halogens is 2. The molecule has 0 spiro atoms. The van der Waals surface area contributed by atoms with Gasteiger partial charge < -0.3 is 0 Å². The Bertz CT molecular complexity index is 526. The number of aryl methyl sites for hydroxylation is 1. The van der Waals surface area contributed by atoms with Crippen LogP contribution in [-0.4, -0.2) is 0 Å². The van der Waals surface area contributed by atoms with Gasteiger partial charge in [-0.3, -0.25) is 0 Å². The summed E-state index contributed by atoms with van der Waals surface area (Å²) >= 11 is 0. The summed E-state index contributed by atoms with van der Waals surface area (Å²) in [5.74, 6) is -0.726. The van der Waals surface area contributed by atoms with Crippen LogP contribution in [0.1, 0.15) is 50.2 Å². The molecular formula is C18H22F2. The molecule has 0 saturated heterocycles. The van der Waals surface area contributed by atoms with Gasteiger partial charge in [-0.25, -0.2) is 8.78 Å². The maximum atomic E-state index is 14.0. The third-order valence-corrected chi connectivity index (χ3v) is 4.12. The SMILES string of the molecule is C/C=C/CCC1CC=C(c2ccc(C)c(F)c2F)CC1. The van der Waals surface area contributed by atoms with E-state index in [2.05, 4.69) is 18.2 Å². The van der Waals surface area contributed by atoms with E-state index in [1.807, 2.05) is 6.92 Å². The largest absolute Gasteiger partial charge is 0.203 e. The van der Waals surface area contributed by atoms with Crippen LogP contribution in [0.25, 0.3) is 5.57 Å². The molecule has 0 amide bonds. The Labute approximate surface area is 120 Å². The first-order chi connectivity index (χ1) is 9.63. The molecule has 0 aliphatic heterocycles. The predicted molar refractivity (Wildman–Crippen MR) is 80.5 cm³/mol. The predicted octanol–water partition coefficient (Wildman–Crippen LogP) is 5.81. The van der Waals surface area contributed by atoms with Crippen molar-refractivity contribution in [2.24, 2.45) is 5.92 Å². The Kier molecular flexibility index (Phi) is 5.11. The summed E-state index contributed by atoms with van der Waals surface area (Å²) in [6, 6.07) is 3.37. The van der Waals surface area contributed by atoms with Gasteiger partial charge in [-0.2, -0.15) is 0 Å². The standard InChI is InChI=1S/C18H22F2/c1-3-4-5-6-14-8-10-15(11-9-14)16-12-7-13(2)17(19)18(16)20/h3-4,7,10,12,14H,5-6,8-9,11H2,1-2H3/b4-3+. The first-order valence-corrected chi connectivity index (χ1v) is 7.38. The highest BCUT2D eigenvalue weighted by atomic mass is 19.2. The van der Waals surface area contributed by atoms with Crippen molar-refractivity contribution in [3.05, 3.63) is 53.1 Å². The molecule has 0 saturated carbocycles. The lowest BCUT2D eigenvalue weighted by Crippen LogP contribution is -2.07. The van der Waals surface area contributed by atoms with Crippen molar-refractivity contribution in [3.63, 3.8) is 0 Å². The molecule has 1 aliphatic rings. The Morgan fingerprint density at radius 2 is 2.05 bits per heavy atom. The lowest BCUT2D eigenvalue weighted by Gasteiger charge is -2.22. The molecule has 1 aliphatic carbocycles. The summed E-state index contributed by atoms with van der Waals surface area (Å²) in [6.07, 6.45) is 11.5. The monoisotopic (exact) mass is 276 g/mol. The Morgan fingerprint density at radius 1 is 1.25 bits per heavy atom. The first kappa shape index (κ1) is 15.0. The van der Waals surface area contributed by atoms with Gasteiger partial charge in [-0.15, -0.1) is 0 Å². The number of benzene rings is 1. The minimum Gasteiger partial charge on any atom is -0.203 e. The van der Waals surface area contributed by atoms with Crippen molar-refractivity contribution in [3.8, 4) is 0 Å². The average molecular weight is 276 g/mol. The highest BCUT2D eigenvalue weighted by Gasteiger charge is 2.19. The van der Waals surface area contributed by atoms with Gasteiger partial charge in [0.05, 0.1) is 0 Å². The molecule has 1 aromatic rings. The number of rotatable bonds is 4. The fourth-order valence-electron chi connectivity index (χ4n) is 2.79. The summed E-state index contributed by atoms with van der Waals surface area (Å²) in [4.78, 5) is 0. The number of allylic oxidation sites excluding steroid dienone is 4. The molecular weight excluding hydrogens is 254 g/mol. The van der Waals surface area contributed by atoms with Crippen LogP contribution in [0, 0.1) is 24.5 Å². The third kappa shape index (κ3) is 3.36. The van der Waals surface area contributed by atoms with E-state index >= 15 is 0 Å². The van der Waals surface area contributed by atoms with Crippen LogP contribution in [0.15, 0.2) is 30.4 Å². The molecule has 2 rings (SSSR count). The molecule has 0 aromatic heterocycles. The normalized spacial score (nSPS) is 19.4. The van der Waals surface area contributed by atoms with E-state index in [0.717, 1.165) is 31.3 Å². The minimum absolute atomic E-state index is 0.367. The number of hydrogen-bond donors (Lipinski definition) is 0. The van der Waals surface area contributed by atoms with Gasteiger partial charge in [0, 0.05) is 5.56 Å². The van der Waals surface area contributed by atoms with Crippen molar-refractivity contribution < 1.29 is 8.78 Å². The smallest absolute Gasteiger partial charge is 0.166 e. The number of hydrogen-bond acceptors (Lipinski definition) is 0. The second kappa shape index (κ2) is 6.83. The molecule has 1 aromatic carbocycles. The molecule has 1 unspecified atom stereocenters. The molecule has 0 nitrogen and oxygen atoms in total. The van der Waals surface area contributed by atoms with Crippen LogP contribution in [0.5, 0.6) is 0 Å². The lowest BCUT2D eigenvalue weighted by molar-refractivity contribution is 0.452. The molecule has 1 atom stereocenters. The summed E-state index contributed by atoms with van der Waals surface area (Å²) in [5, 5.41) is 0. The summed E-state index contributed by atoms with van der Waals surface area (Å²) in [6.45, 7) is 3.63. The molecule has 0 radical (unpaired) electrons. The zero-order chi connectivity index (χ0) is 14.5. The molecule has 2 heteroatoms. The van der Waals surface area contributed by atoms with Crippen LogP contribution in [0.4, 0.5) is 8.78 Å². The second-order valence-corrected chi connectivity index (χ2v) is 5.57. The van der Waals surface area contributed by atoms with Gasteiger partial charge in [0.1, 0.15) is 0 Å². The summed E-state index contributed by atoms with van der Waals surface area (Å²) in [7, 11) is 0. The van der Waals surface area contributed by atoms with Crippen LogP contribution in [0.2, 0.25) is 0 Å². The second-order valence-electron chi connectivity index (χ2n) is 5.57. The van der Waals surface area contributed by atoms with Crippen LogP contribution in [-0.2, 0) is 0 Å². The Balaban J connectivity index is 2.07. The van der Waals surface area contributed by atoms with Gasteiger partial charge >= 0.3 is 0 Å². The van der Waals surface area contributed by atoms with E-state index in [1.54, 1.807) is 19.1 Å². The van der Waals surface area contributed by atoms with Gasteiger partial charge in [-0.05, 0) is 63.0 Å². The van der Waals surface area contributed by atoms with E-state index in [-0.39, 0.29) is 0 Å². The average Bonchev–Trinajstić information content (AvgIpc) is 2.46. The topological polar surface area (TPSA) is 0 Å². The van der Waals surface area contributed by atoms with Gasteiger partial charge in [-0.1, -0.05) is 30.4 Å². The minimum atomic E-state index is -0.710. The van der Waals surface area contributed by atoms with Crippen LogP contribution in [0.3, 0.4) is 0 Å². The van der Waals surface area contributed by atoms with Crippen molar-refractivity contribution in [2.75, 3.05) is 0 Å². The lowest BCUT2D eigenvalue weighted by atomic mass is 9.84. The zero-order valence-electron chi connectivity index (χ0n) is 12.3. The maximum absolute atomic E-state index is 14.0. The fraction of sp³-hybridized carbons (Fsp3) is 0.444. The fourth-order valence-corrected chi connectivity index (χ4v) is 2.79. The van der Waals surface area contributed by atoms with Gasteiger partial charge in [0.15, 0.2) is 11.6 Å². The highest BCUT2D eigenvalue weighted by molar-refractivity contribution is 5.67. The molecule has 20 heavy (non-hydrogen) atoms. The van der Waals surface area contributed by atoms with E-state index in [1.165, 1.54) is 6.42 Å². The first-order valence-electron chi connectivity index (χ1n) is 7.38. The highest BCUT2D eigenvalue weighted by Crippen LogP contribution is 2.34. The van der Waals surface area contributed by atoms with E-state index in [0.29, 0.717) is 17.0 Å². The van der Waals surface area contributed by atoms with Crippen molar-refractivity contribution in [1.29, 1.82) is 0 Å². The third-order valence-electron chi connectivity index (χ3n) is 4.12. The van der Waals surface area contributed by atoms with Crippen molar-refractivity contribution >= 4 is 5.57 Å². The Hall–Kier alpha value is -1.44. The zero-order valence-corrected chi connectivity index (χ0v) is 12.3. The van der Waals surface area contributed by atoms with E-state index in [4.69, 9.17) is 0 Å². The van der Waals surface area contributed by atoms with Crippen LogP contribution >= 0.6 is 0 Å². The van der Waals surface area contributed by atoms with Gasteiger partial charge in [0.25, 0.3) is 0 Å². The van der Waals surface area contributed by atoms with Crippen molar-refractivity contribution in [1.82, 2.24) is 0 Å². The quantitative estimate of drug-likeness (QED) is 0.608. The Morgan fingerprint density at radius 3 is 2.70 bits per heavy atom. The van der Waals surface area contributed by atoms with Crippen molar-refractivity contribution in [2.45, 2.75) is 46.0 Å². The summed E-state index contributed by atoms with van der Waals surface area (Å²) in [5.41, 5.74) is 1.77.